The Morgan fingerprint density at radius 3 is 2.92 bits per heavy atom. The van der Waals surface area contributed by atoms with E-state index in [0.717, 1.165) is 6.33 Å². The molecule has 0 bridgehead atoms. The molecule has 0 aromatic carbocycles. The van der Waals surface area contributed by atoms with Crippen molar-refractivity contribution in [2.45, 2.75) is 6.42 Å². The molecule has 0 aliphatic rings. The minimum Gasteiger partial charge on any atom is -0.493 e. The van der Waals surface area contributed by atoms with Gasteiger partial charge in [0.15, 0.2) is 0 Å². The summed E-state index contributed by atoms with van der Waals surface area (Å²) in [7, 11) is 1.25. The monoisotopic (exact) mass is 202 g/mol. The molecule has 0 atom stereocenters. The van der Waals surface area contributed by atoms with Crippen LogP contribution >= 0.6 is 11.6 Å². The number of esters is 1. The highest BCUT2D eigenvalue weighted by Gasteiger charge is 2.13. The van der Waals surface area contributed by atoms with Gasteiger partial charge in [-0.15, -0.1) is 0 Å². The van der Waals surface area contributed by atoms with Gasteiger partial charge in [0, 0.05) is 0 Å². The maximum Gasteiger partial charge on any atom is 0.310 e. The van der Waals surface area contributed by atoms with E-state index in [1.54, 1.807) is 0 Å². The van der Waals surface area contributed by atoms with Crippen LogP contribution in [0, 0.1) is 0 Å². The van der Waals surface area contributed by atoms with Gasteiger partial charge in [-0.2, -0.15) is 0 Å². The molecule has 1 aromatic heterocycles. The summed E-state index contributed by atoms with van der Waals surface area (Å²) in [6.07, 6.45) is 0.973. The van der Waals surface area contributed by atoms with E-state index >= 15 is 0 Å². The van der Waals surface area contributed by atoms with Gasteiger partial charge < -0.3 is 9.84 Å². The summed E-state index contributed by atoms with van der Waals surface area (Å²) in [6, 6.07) is 0. The van der Waals surface area contributed by atoms with Crippen LogP contribution in [0.4, 0.5) is 0 Å². The summed E-state index contributed by atoms with van der Waals surface area (Å²) in [4.78, 5) is 17.9. The number of aromatic hydroxyl groups is 1. The van der Waals surface area contributed by atoms with Gasteiger partial charge in [0.25, 0.3) is 0 Å². The van der Waals surface area contributed by atoms with Crippen molar-refractivity contribution < 1.29 is 14.6 Å². The fourth-order valence-corrected chi connectivity index (χ4v) is 0.946. The van der Waals surface area contributed by atoms with Crippen molar-refractivity contribution in [2.75, 3.05) is 7.11 Å². The molecule has 0 fully saturated rings. The van der Waals surface area contributed by atoms with Gasteiger partial charge >= 0.3 is 5.97 Å². The smallest absolute Gasteiger partial charge is 0.310 e. The van der Waals surface area contributed by atoms with E-state index in [0.29, 0.717) is 0 Å². The van der Waals surface area contributed by atoms with Crippen molar-refractivity contribution >= 4 is 17.6 Å². The van der Waals surface area contributed by atoms with Crippen LogP contribution in [0.2, 0.25) is 5.15 Å². The number of aromatic nitrogens is 2. The third kappa shape index (κ3) is 2.29. The standard InChI is InChI=1S/C7H7ClN2O3/c1-13-5(11)2-4-6(8)9-3-10-7(4)12/h3H,2H2,1H3,(H,9,10,12). The minimum atomic E-state index is -0.507. The lowest BCUT2D eigenvalue weighted by molar-refractivity contribution is -0.139. The van der Waals surface area contributed by atoms with Crippen LogP contribution in [0.15, 0.2) is 6.33 Å². The van der Waals surface area contributed by atoms with E-state index in [1.165, 1.54) is 7.11 Å². The predicted octanol–water partition coefficient (Wildman–Crippen LogP) is 0.551. The number of rotatable bonds is 2. The minimum absolute atomic E-state index is 0.0536. The zero-order chi connectivity index (χ0) is 9.84. The zero-order valence-corrected chi connectivity index (χ0v) is 7.58. The Kier molecular flexibility index (Phi) is 3.02. The number of ether oxygens (including phenoxy) is 1. The van der Waals surface area contributed by atoms with Crippen LogP contribution in [0.3, 0.4) is 0 Å². The van der Waals surface area contributed by atoms with E-state index in [9.17, 15) is 9.90 Å². The van der Waals surface area contributed by atoms with Gasteiger partial charge in [-0.05, 0) is 0 Å². The van der Waals surface area contributed by atoms with Crippen LogP contribution in [0.25, 0.3) is 0 Å². The predicted molar refractivity (Wildman–Crippen MR) is 44.4 cm³/mol. The second-order valence-electron chi connectivity index (χ2n) is 2.22. The number of carbonyl (C=O) groups is 1. The van der Waals surface area contributed by atoms with Crippen LogP contribution in [0.5, 0.6) is 5.88 Å². The van der Waals surface area contributed by atoms with Crippen molar-refractivity contribution in [1.82, 2.24) is 9.97 Å². The van der Waals surface area contributed by atoms with Crippen molar-refractivity contribution in [3.8, 4) is 5.88 Å². The van der Waals surface area contributed by atoms with Crippen molar-refractivity contribution in [3.05, 3.63) is 17.0 Å². The molecule has 1 heterocycles. The van der Waals surface area contributed by atoms with Gasteiger partial charge in [-0.1, -0.05) is 11.6 Å². The quantitative estimate of drug-likeness (QED) is 0.560. The molecular weight excluding hydrogens is 196 g/mol. The Bertz CT molecular complexity index is 309. The largest absolute Gasteiger partial charge is 0.493 e. The number of carbonyl (C=O) groups excluding carboxylic acids is 1. The topological polar surface area (TPSA) is 72.3 Å². The maximum absolute atomic E-state index is 10.8. The molecule has 0 saturated carbocycles. The first-order valence-corrected chi connectivity index (χ1v) is 3.78. The summed E-state index contributed by atoms with van der Waals surface area (Å²) in [5, 5.41) is 9.25. The van der Waals surface area contributed by atoms with Crippen molar-refractivity contribution in [3.63, 3.8) is 0 Å². The molecule has 0 radical (unpaired) electrons. The maximum atomic E-state index is 10.8. The zero-order valence-electron chi connectivity index (χ0n) is 6.82. The third-order valence-electron chi connectivity index (χ3n) is 1.42. The van der Waals surface area contributed by atoms with Crippen LogP contribution in [-0.4, -0.2) is 28.2 Å². The lowest BCUT2D eigenvalue weighted by Gasteiger charge is -2.02. The fraction of sp³-hybridized carbons (Fsp3) is 0.286. The summed E-state index contributed by atoms with van der Waals surface area (Å²) < 4.78 is 4.40. The summed E-state index contributed by atoms with van der Waals surface area (Å²) >= 11 is 5.61. The lowest BCUT2D eigenvalue weighted by Crippen LogP contribution is -2.06. The first-order chi connectivity index (χ1) is 6.15. The highest BCUT2D eigenvalue weighted by molar-refractivity contribution is 6.30. The Labute approximate surface area is 79.3 Å². The van der Waals surface area contributed by atoms with E-state index in [1.807, 2.05) is 0 Å². The molecule has 1 rings (SSSR count). The van der Waals surface area contributed by atoms with Crippen molar-refractivity contribution in [2.24, 2.45) is 0 Å². The molecule has 0 amide bonds. The highest BCUT2D eigenvalue weighted by Crippen LogP contribution is 2.20. The van der Waals surface area contributed by atoms with E-state index < -0.39 is 5.97 Å². The van der Waals surface area contributed by atoms with Gasteiger partial charge in [-0.25, -0.2) is 9.97 Å². The first-order valence-electron chi connectivity index (χ1n) is 3.40. The van der Waals surface area contributed by atoms with Crippen LogP contribution in [-0.2, 0) is 16.0 Å². The summed E-state index contributed by atoms with van der Waals surface area (Å²) in [5.41, 5.74) is 0.177. The molecular formula is C7H7ClN2O3. The second kappa shape index (κ2) is 4.04. The Morgan fingerprint density at radius 2 is 2.38 bits per heavy atom. The van der Waals surface area contributed by atoms with E-state index in [-0.39, 0.29) is 23.0 Å². The van der Waals surface area contributed by atoms with E-state index in [2.05, 4.69) is 14.7 Å². The first kappa shape index (κ1) is 9.73. The fourth-order valence-electron chi connectivity index (χ4n) is 0.751. The van der Waals surface area contributed by atoms with Gasteiger partial charge in [0.2, 0.25) is 5.88 Å². The molecule has 0 spiro atoms. The molecule has 0 unspecified atom stereocenters. The summed E-state index contributed by atoms with van der Waals surface area (Å²) in [5.74, 6) is -0.808. The number of hydrogen-bond acceptors (Lipinski definition) is 5. The number of halogens is 1. The summed E-state index contributed by atoms with van der Waals surface area (Å²) in [6.45, 7) is 0. The molecule has 0 aliphatic heterocycles. The van der Waals surface area contributed by atoms with Gasteiger partial charge in [0.1, 0.15) is 11.5 Å². The molecule has 5 nitrogen and oxygen atoms in total. The van der Waals surface area contributed by atoms with Gasteiger partial charge in [-0.3, -0.25) is 4.79 Å². The second-order valence-corrected chi connectivity index (χ2v) is 2.58. The average Bonchev–Trinajstić information content (AvgIpc) is 2.11. The van der Waals surface area contributed by atoms with E-state index in [4.69, 9.17) is 11.6 Å². The molecule has 6 heteroatoms. The Balaban J connectivity index is 2.93. The lowest BCUT2D eigenvalue weighted by atomic mass is 10.2. The average molecular weight is 203 g/mol. The molecule has 1 N–H and O–H groups in total. The van der Waals surface area contributed by atoms with Gasteiger partial charge in [0.05, 0.1) is 19.1 Å². The Morgan fingerprint density at radius 1 is 1.69 bits per heavy atom. The molecule has 13 heavy (non-hydrogen) atoms. The Hall–Kier alpha value is -1.36. The molecule has 70 valence electrons. The molecule has 0 aliphatic carbocycles. The van der Waals surface area contributed by atoms with Crippen molar-refractivity contribution in [1.29, 1.82) is 0 Å². The van der Waals surface area contributed by atoms with Crippen LogP contribution in [0.1, 0.15) is 5.56 Å². The molecule has 1 aromatic rings. The number of methoxy groups -OCH3 is 1. The SMILES string of the molecule is COC(=O)Cc1c(O)ncnc1Cl. The normalized spacial score (nSPS) is 9.69. The van der Waals surface area contributed by atoms with Crippen LogP contribution < -0.4 is 0 Å². The molecule has 0 saturated heterocycles. The third-order valence-corrected chi connectivity index (χ3v) is 1.74. The number of hydrogen-bond donors (Lipinski definition) is 1. The number of nitrogens with zero attached hydrogens (tertiary/aromatic N) is 2. The highest BCUT2D eigenvalue weighted by atomic mass is 35.5.